The standard InChI is InChI=1S/C20H18O7/c1-25-18-12-14(5-9-19(23)26-2)4-8-17(18)27-20(24)10-6-13-3-7-15(21)16(22)11-13/h3-12,21-22H,1-2H3/b9-5+,10-6+. The molecule has 0 aliphatic rings. The van der Waals surface area contributed by atoms with E-state index in [2.05, 4.69) is 4.74 Å². The van der Waals surface area contributed by atoms with E-state index >= 15 is 0 Å². The van der Waals surface area contributed by atoms with Crippen LogP contribution < -0.4 is 9.47 Å². The molecule has 0 spiro atoms. The minimum absolute atomic E-state index is 0.205. The molecule has 0 saturated carbocycles. The van der Waals surface area contributed by atoms with Crippen LogP contribution in [-0.4, -0.2) is 36.4 Å². The Kier molecular flexibility index (Phi) is 6.60. The Bertz CT molecular complexity index is 897. The lowest BCUT2D eigenvalue weighted by Gasteiger charge is -2.08. The number of benzene rings is 2. The van der Waals surface area contributed by atoms with Gasteiger partial charge in [-0.2, -0.15) is 0 Å². The van der Waals surface area contributed by atoms with E-state index in [0.717, 1.165) is 0 Å². The van der Waals surface area contributed by atoms with Crippen molar-refractivity contribution >= 4 is 24.1 Å². The van der Waals surface area contributed by atoms with Crippen LogP contribution in [0.15, 0.2) is 48.6 Å². The fraction of sp³-hybridized carbons (Fsp3) is 0.100. The van der Waals surface area contributed by atoms with Crippen molar-refractivity contribution in [3.8, 4) is 23.0 Å². The third-order valence-electron chi connectivity index (χ3n) is 3.42. The minimum Gasteiger partial charge on any atom is -0.504 e. The maximum Gasteiger partial charge on any atom is 0.336 e. The summed E-state index contributed by atoms with van der Waals surface area (Å²) >= 11 is 0. The third-order valence-corrected chi connectivity index (χ3v) is 3.42. The third kappa shape index (κ3) is 5.64. The molecule has 0 radical (unpaired) electrons. The van der Waals surface area contributed by atoms with Gasteiger partial charge in [0.1, 0.15) is 0 Å². The van der Waals surface area contributed by atoms with Crippen LogP contribution in [0.4, 0.5) is 0 Å². The first-order chi connectivity index (χ1) is 12.9. The summed E-state index contributed by atoms with van der Waals surface area (Å²) in [6.07, 6.45) is 5.41. The first-order valence-corrected chi connectivity index (χ1v) is 7.79. The lowest BCUT2D eigenvalue weighted by atomic mass is 10.2. The number of rotatable bonds is 6. The lowest BCUT2D eigenvalue weighted by molar-refractivity contribution is -0.134. The molecule has 0 amide bonds. The molecular formula is C20H18O7. The van der Waals surface area contributed by atoms with Crippen LogP contribution in [0.3, 0.4) is 0 Å². The van der Waals surface area contributed by atoms with Gasteiger partial charge in [-0.05, 0) is 47.5 Å². The van der Waals surface area contributed by atoms with Gasteiger partial charge in [0.15, 0.2) is 23.0 Å². The first-order valence-electron chi connectivity index (χ1n) is 7.79. The molecule has 0 aliphatic heterocycles. The first kappa shape index (κ1) is 19.6. The summed E-state index contributed by atoms with van der Waals surface area (Å²) in [5.74, 6) is -1.17. The summed E-state index contributed by atoms with van der Waals surface area (Å²) < 4.78 is 15.0. The molecule has 2 rings (SSSR count). The van der Waals surface area contributed by atoms with Crippen molar-refractivity contribution in [3.05, 3.63) is 59.7 Å². The minimum atomic E-state index is -0.654. The lowest BCUT2D eigenvalue weighted by Crippen LogP contribution is -2.05. The van der Waals surface area contributed by atoms with Crippen LogP contribution in [0, 0.1) is 0 Å². The molecule has 0 unspecified atom stereocenters. The predicted octanol–water partition coefficient (Wildman–Crippen LogP) is 2.91. The van der Waals surface area contributed by atoms with Gasteiger partial charge in [-0.15, -0.1) is 0 Å². The van der Waals surface area contributed by atoms with E-state index in [9.17, 15) is 19.8 Å². The van der Waals surface area contributed by atoms with Crippen LogP contribution in [-0.2, 0) is 14.3 Å². The van der Waals surface area contributed by atoms with Gasteiger partial charge >= 0.3 is 11.9 Å². The van der Waals surface area contributed by atoms with Crippen molar-refractivity contribution in [2.45, 2.75) is 0 Å². The fourth-order valence-corrected chi connectivity index (χ4v) is 2.06. The van der Waals surface area contributed by atoms with Crippen molar-refractivity contribution in [3.63, 3.8) is 0 Å². The maximum atomic E-state index is 12.0. The highest BCUT2D eigenvalue weighted by atomic mass is 16.6. The summed E-state index contributed by atoms with van der Waals surface area (Å²) in [6, 6.07) is 8.93. The highest BCUT2D eigenvalue weighted by Gasteiger charge is 2.09. The number of aromatic hydroxyl groups is 2. The summed E-state index contributed by atoms with van der Waals surface area (Å²) in [5, 5.41) is 18.7. The number of hydrogen-bond donors (Lipinski definition) is 2. The zero-order valence-corrected chi connectivity index (χ0v) is 14.7. The number of esters is 2. The van der Waals surface area contributed by atoms with Crippen LogP contribution in [0.1, 0.15) is 11.1 Å². The Hall–Kier alpha value is -3.74. The largest absolute Gasteiger partial charge is 0.504 e. The summed E-state index contributed by atoms with van der Waals surface area (Å²) in [7, 11) is 2.71. The summed E-state index contributed by atoms with van der Waals surface area (Å²) in [5.41, 5.74) is 1.17. The van der Waals surface area contributed by atoms with E-state index in [4.69, 9.17) is 9.47 Å². The molecule has 0 saturated heterocycles. The van der Waals surface area contributed by atoms with E-state index in [1.54, 1.807) is 12.1 Å². The molecule has 0 heterocycles. The molecule has 0 fully saturated rings. The molecule has 2 N–H and O–H groups in total. The van der Waals surface area contributed by atoms with Crippen molar-refractivity contribution in [2.75, 3.05) is 14.2 Å². The number of methoxy groups -OCH3 is 2. The average Bonchev–Trinajstić information content (AvgIpc) is 2.67. The predicted molar refractivity (Wildman–Crippen MR) is 98.5 cm³/mol. The van der Waals surface area contributed by atoms with Gasteiger partial charge in [-0.1, -0.05) is 12.1 Å². The SMILES string of the molecule is COC(=O)/C=C/c1ccc(OC(=O)/C=C/c2ccc(O)c(O)c2)c(OC)c1. The van der Waals surface area contributed by atoms with Crippen molar-refractivity contribution in [1.29, 1.82) is 0 Å². The average molecular weight is 370 g/mol. The second-order valence-corrected chi connectivity index (χ2v) is 5.27. The highest BCUT2D eigenvalue weighted by molar-refractivity contribution is 5.89. The topological polar surface area (TPSA) is 102 Å². The number of phenolic OH excluding ortho intramolecular Hbond substituents is 2. The van der Waals surface area contributed by atoms with Crippen LogP contribution in [0.5, 0.6) is 23.0 Å². The summed E-state index contributed by atoms with van der Waals surface area (Å²) in [4.78, 5) is 23.1. The van der Waals surface area contributed by atoms with Gasteiger partial charge in [-0.25, -0.2) is 9.59 Å². The van der Waals surface area contributed by atoms with Crippen LogP contribution in [0.2, 0.25) is 0 Å². The van der Waals surface area contributed by atoms with Crippen LogP contribution >= 0.6 is 0 Å². The van der Waals surface area contributed by atoms with Gasteiger partial charge in [0.2, 0.25) is 0 Å². The molecule has 7 heteroatoms. The normalized spacial score (nSPS) is 10.9. The number of hydrogen-bond acceptors (Lipinski definition) is 7. The Morgan fingerprint density at radius 2 is 1.44 bits per heavy atom. The van der Waals surface area contributed by atoms with Gasteiger partial charge in [-0.3, -0.25) is 0 Å². The number of carbonyl (C=O) groups excluding carboxylic acids is 2. The Labute approximate surface area is 155 Å². The highest BCUT2D eigenvalue weighted by Crippen LogP contribution is 2.29. The quantitative estimate of drug-likeness (QED) is 0.349. The van der Waals surface area contributed by atoms with Crippen molar-refractivity contribution in [2.24, 2.45) is 0 Å². The smallest absolute Gasteiger partial charge is 0.336 e. The Morgan fingerprint density at radius 1 is 0.815 bits per heavy atom. The second kappa shape index (κ2) is 9.10. The molecule has 140 valence electrons. The molecule has 2 aromatic carbocycles. The van der Waals surface area contributed by atoms with Crippen molar-refractivity contribution < 1.29 is 34.0 Å². The number of carbonyl (C=O) groups is 2. The second-order valence-electron chi connectivity index (χ2n) is 5.27. The van der Waals surface area contributed by atoms with Gasteiger partial charge in [0, 0.05) is 12.2 Å². The molecular weight excluding hydrogens is 352 g/mol. The Balaban J connectivity index is 2.10. The molecule has 0 bridgehead atoms. The van der Waals surface area contributed by atoms with Gasteiger partial charge < -0.3 is 24.4 Å². The van der Waals surface area contributed by atoms with Crippen LogP contribution in [0.25, 0.3) is 12.2 Å². The molecule has 7 nitrogen and oxygen atoms in total. The molecule has 0 aromatic heterocycles. The molecule has 0 aliphatic carbocycles. The summed E-state index contributed by atoms with van der Waals surface area (Å²) in [6.45, 7) is 0. The number of ether oxygens (including phenoxy) is 3. The molecule has 0 atom stereocenters. The molecule has 27 heavy (non-hydrogen) atoms. The molecule has 2 aromatic rings. The van der Waals surface area contributed by atoms with Gasteiger partial charge in [0.25, 0.3) is 0 Å². The van der Waals surface area contributed by atoms with Crippen molar-refractivity contribution in [1.82, 2.24) is 0 Å². The Morgan fingerprint density at radius 3 is 2.07 bits per heavy atom. The van der Waals surface area contributed by atoms with E-state index in [1.807, 2.05) is 0 Å². The van der Waals surface area contributed by atoms with E-state index in [-0.39, 0.29) is 17.2 Å². The van der Waals surface area contributed by atoms with E-state index in [1.165, 1.54) is 62.8 Å². The zero-order chi connectivity index (χ0) is 19.8. The van der Waals surface area contributed by atoms with E-state index in [0.29, 0.717) is 16.9 Å². The maximum absolute atomic E-state index is 12.0. The van der Waals surface area contributed by atoms with Gasteiger partial charge in [0.05, 0.1) is 14.2 Å². The zero-order valence-electron chi connectivity index (χ0n) is 14.7. The monoisotopic (exact) mass is 370 g/mol. The van der Waals surface area contributed by atoms with E-state index < -0.39 is 11.9 Å². The fourth-order valence-electron chi connectivity index (χ4n) is 2.06. The number of phenols is 2.